The number of fused-ring (bicyclic) bond motifs is 1. The van der Waals surface area contributed by atoms with Crippen LogP contribution in [0.1, 0.15) is 38.6 Å². The van der Waals surface area contributed by atoms with E-state index in [1.807, 2.05) is 12.1 Å². The molecular formula is C14H16Cl2N2S. The van der Waals surface area contributed by atoms with E-state index in [9.17, 15) is 0 Å². The Morgan fingerprint density at radius 3 is 2.74 bits per heavy atom. The fourth-order valence-electron chi connectivity index (χ4n) is 3.12. The van der Waals surface area contributed by atoms with Gasteiger partial charge in [0.25, 0.3) is 0 Å². The minimum atomic E-state index is 0.474. The Labute approximate surface area is 127 Å². The summed E-state index contributed by atoms with van der Waals surface area (Å²) in [7, 11) is 0. The predicted molar refractivity (Wildman–Crippen MR) is 83.8 cm³/mol. The van der Waals surface area contributed by atoms with Gasteiger partial charge >= 0.3 is 0 Å². The van der Waals surface area contributed by atoms with Crippen LogP contribution in [0, 0.1) is 10.7 Å². The number of benzene rings is 1. The number of imidazole rings is 1. The number of nitrogens with zero attached hydrogens (tertiary/aromatic N) is 1. The Hall–Kier alpha value is -0.510. The number of aromatic amines is 1. The molecule has 0 aliphatic heterocycles. The Kier molecular flexibility index (Phi) is 3.63. The van der Waals surface area contributed by atoms with Crippen molar-refractivity contribution in [1.29, 1.82) is 0 Å². The van der Waals surface area contributed by atoms with E-state index in [0.29, 0.717) is 16.1 Å². The van der Waals surface area contributed by atoms with Crippen molar-refractivity contribution in [2.45, 2.75) is 38.6 Å². The first-order valence-corrected chi connectivity index (χ1v) is 7.82. The summed E-state index contributed by atoms with van der Waals surface area (Å²) in [5.41, 5.74) is 2.04. The van der Waals surface area contributed by atoms with Gasteiger partial charge < -0.3 is 9.55 Å². The molecule has 2 unspecified atom stereocenters. The van der Waals surface area contributed by atoms with Gasteiger partial charge in [0.2, 0.25) is 0 Å². The third kappa shape index (κ3) is 2.44. The minimum absolute atomic E-state index is 0.474. The van der Waals surface area contributed by atoms with Crippen molar-refractivity contribution < 1.29 is 0 Å². The minimum Gasteiger partial charge on any atom is -0.331 e. The van der Waals surface area contributed by atoms with E-state index in [0.717, 1.165) is 21.7 Å². The van der Waals surface area contributed by atoms with Gasteiger partial charge in [0, 0.05) is 6.04 Å². The van der Waals surface area contributed by atoms with Crippen molar-refractivity contribution in [3.8, 4) is 0 Å². The second kappa shape index (κ2) is 5.12. The average molecular weight is 315 g/mol. The van der Waals surface area contributed by atoms with E-state index in [1.165, 1.54) is 25.7 Å². The Morgan fingerprint density at radius 1 is 1.26 bits per heavy atom. The van der Waals surface area contributed by atoms with Gasteiger partial charge in [-0.05, 0) is 43.1 Å². The molecule has 2 aromatic rings. The molecule has 2 atom stereocenters. The SMILES string of the molecule is CC1CCCC(n2c(=S)[nH]c3cc(Cl)c(Cl)cc32)C1. The van der Waals surface area contributed by atoms with Crippen LogP contribution in [0.4, 0.5) is 0 Å². The maximum absolute atomic E-state index is 6.14. The van der Waals surface area contributed by atoms with Crippen LogP contribution in [0.2, 0.25) is 10.0 Å². The molecule has 1 aliphatic rings. The third-order valence-corrected chi connectivity index (χ3v) is 5.05. The van der Waals surface area contributed by atoms with Crippen LogP contribution in [0.3, 0.4) is 0 Å². The number of H-pyrrole nitrogens is 1. The highest BCUT2D eigenvalue weighted by Gasteiger charge is 2.22. The van der Waals surface area contributed by atoms with Crippen molar-refractivity contribution in [2.75, 3.05) is 0 Å². The molecule has 5 heteroatoms. The molecule has 0 radical (unpaired) electrons. The summed E-state index contributed by atoms with van der Waals surface area (Å²) in [4.78, 5) is 3.24. The van der Waals surface area contributed by atoms with E-state index in [2.05, 4.69) is 16.5 Å². The Bertz CT molecular complexity index is 674. The van der Waals surface area contributed by atoms with Crippen molar-refractivity contribution in [1.82, 2.24) is 9.55 Å². The lowest BCUT2D eigenvalue weighted by Gasteiger charge is -2.28. The maximum atomic E-state index is 6.14. The van der Waals surface area contributed by atoms with Gasteiger partial charge in [-0.2, -0.15) is 0 Å². The van der Waals surface area contributed by atoms with Gasteiger partial charge in [-0.15, -0.1) is 0 Å². The maximum Gasteiger partial charge on any atom is 0.178 e. The lowest BCUT2D eigenvalue weighted by molar-refractivity contribution is 0.285. The molecule has 0 amide bonds. The normalized spacial score (nSPS) is 23.9. The first kappa shape index (κ1) is 13.5. The molecule has 102 valence electrons. The molecule has 19 heavy (non-hydrogen) atoms. The van der Waals surface area contributed by atoms with Crippen molar-refractivity contribution in [2.24, 2.45) is 5.92 Å². The van der Waals surface area contributed by atoms with Crippen LogP contribution in [-0.4, -0.2) is 9.55 Å². The fourth-order valence-corrected chi connectivity index (χ4v) is 3.80. The summed E-state index contributed by atoms with van der Waals surface area (Å²) < 4.78 is 3.00. The summed E-state index contributed by atoms with van der Waals surface area (Å²) >= 11 is 17.7. The predicted octanol–water partition coefficient (Wildman–Crippen LogP) is 5.76. The summed E-state index contributed by atoms with van der Waals surface area (Å²) in [6, 6.07) is 4.25. The highest BCUT2D eigenvalue weighted by atomic mass is 35.5. The second-order valence-electron chi connectivity index (χ2n) is 5.51. The molecule has 1 fully saturated rings. The lowest BCUT2D eigenvalue weighted by Crippen LogP contribution is -2.17. The van der Waals surface area contributed by atoms with E-state index in [1.54, 1.807) is 0 Å². The summed E-state index contributed by atoms with van der Waals surface area (Å²) in [6.07, 6.45) is 4.95. The summed E-state index contributed by atoms with van der Waals surface area (Å²) in [5, 5.41) is 1.15. The number of rotatable bonds is 1. The molecule has 3 rings (SSSR count). The van der Waals surface area contributed by atoms with E-state index in [4.69, 9.17) is 35.4 Å². The molecule has 1 saturated carbocycles. The van der Waals surface area contributed by atoms with Gasteiger partial charge in [-0.3, -0.25) is 0 Å². The van der Waals surface area contributed by atoms with Gasteiger partial charge in [0.1, 0.15) is 0 Å². The average Bonchev–Trinajstić information content (AvgIpc) is 2.65. The molecule has 0 saturated heterocycles. The molecule has 1 N–H and O–H groups in total. The molecule has 1 aliphatic carbocycles. The zero-order valence-corrected chi connectivity index (χ0v) is 13.1. The van der Waals surface area contributed by atoms with Gasteiger partial charge in [0.15, 0.2) is 4.77 Å². The zero-order chi connectivity index (χ0) is 13.6. The molecule has 0 bridgehead atoms. The highest BCUT2D eigenvalue weighted by Crippen LogP contribution is 2.36. The number of halogens is 2. The van der Waals surface area contributed by atoms with Crippen LogP contribution in [0.15, 0.2) is 12.1 Å². The van der Waals surface area contributed by atoms with Crippen LogP contribution in [0.5, 0.6) is 0 Å². The molecule has 0 spiro atoms. The van der Waals surface area contributed by atoms with Crippen LogP contribution < -0.4 is 0 Å². The first-order valence-electron chi connectivity index (χ1n) is 6.65. The summed E-state index contributed by atoms with van der Waals surface area (Å²) in [5.74, 6) is 0.758. The number of hydrogen-bond donors (Lipinski definition) is 1. The standard InChI is InChI=1S/C14H16Cl2N2S/c1-8-3-2-4-9(5-8)18-13-7-11(16)10(15)6-12(13)17-14(18)19/h6-9H,2-5H2,1H3,(H,17,19). The quantitative estimate of drug-likeness (QED) is 0.664. The van der Waals surface area contributed by atoms with Gasteiger partial charge in [0.05, 0.1) is 21.1 Å². The molecule has 1 heterocycles. The van der Waals surface area contributed by atoms with Crippen molar-refractivity contribution in [3.05, 3.63) is 26.9 Å². The monoisotopic (exact) mass is 314 g/mol. The van der Waals surface area contributed by atoms with Crippen LogP contribution >= 0.6 is 35.4 Å². The fraction of sp³-hybridized carbons (Fsp3) is 0.500. The van der Waals surface area contributed by atoms with Crippen LogP contribution in [0.25, 0.3) is 11.0 Å². The van der Waals surface area contributed by atoms with Gasteiger partial charge in [-0.1, -0.05) is 43.0 Å². The van der Waals surface area contributed by atoms with Gasteiger partial charge in [-0.25, -0.2) is 0 Å². The second-order valence-corrected chi connectivity index (χ2v) is 6.71. The number of aromatic nitrogens is 2. The van der Waals surface area contributed by atoms with Crippen molar-refractivity contribution in [3.63, 3.8) is 0 Å². The van der Waals surface area contributed by atoms with Crippen molar-refractivity contribution >= 4 is 46.5 Å². The first-order chi connectivity index (χ1) is 9.06. The largest absolute Gasteiger partial charge is 0.331 e. The zero-order valence-electron chi connectivity index (χ0n) is 10.7. The summed E-state index contributed by atoms with van der Waals surface area (Å²) in [6.45, 7) is 2.31. The molecule has 1 aromatic heterocycles. The molecular weight excluding hydrogens is 299 g/mol. The molecule has 2 nitrogen and oxygen atoms in total. The van der Waals surface area contributed by atoms with E-state index < -0.39 is 0 Å². The Balaban J connectivity index is 2.14. The van der Waals surface area contributed by atoms with E-state index >= 15 is 0 Å². The Morgan fingerprint density at radius 2 is 2.00 bits per heavy atom. The van der Waals surface area contributed by atoms with E-state index in [-0.39, 0.29) is 0 Å². The smallest absolute Gasteiger partial charge is 0.178 e. The lowest BCUT2D eigenvalue weighted by atomic mass is 9.87. The number of nitrogens with one attached hydrogen (secondary N) is 1. The third-order valence-electron chi connectivity index (χ3n) is 4.03. The van der Waals surface area contributed by atoms with Crippen LogP contribution in [-0.2, 0) is 0 Å². The topological polar surface area (TPSA) is 20.7 Å². The highest BCUT2D eigenvalue weighted by molar-refractivity contribution is 7.71. The number of hydrogen-bond acceptors (Lipinski definition) is 1. The molecule has 1 aromatic carbocycles.